The molecule has 0 saturated heterocycles. The molecule has 2 rings (SSSR count). The number of hydrogen-bond donors (Lipinski definition) is 0. The first-order valence-corrected chi connectivity index (χ1v) is 9.05. The van der Waals surface area contributed by atoms with Crippen LogP contribution in [0.1, 0.15) is 42.4 Å². The van der Waals surface area contributed by atoms with Crippen LogP contribution in [0.4, 0.5) is 0 Å². The molecular weight excluding hydrogens is 399 g/mol. The minimum atomic E-state index is -1.24. The fourth-order valence-corrected chi connectivity index (χ4v) is 3.35. The molecule has 140 valence electrons. The molecule has 8 heteroatoms. The average molecular weight is 418 g/mol. The second kappa shape index (κ2) is 7.59. The van der Waals surface area contributed by atoms with Gasteiger partial charge in [0.25, 0.3) is 0 Å². The topological polar surface area (TPSA) is 61.2 Å². The second-order valence-corrected chi connectivity index (χ2v) is 7.93. The normalized spacial score (nSPS) is 12.8. The van der Waals surface area contributed by atoms with Gasteiger partial charge in [0.2, 0.25) is 11.7 Å². The van der Waals surface area contributed by atoms with Gasteiger partial charge in [-0.15, -0.1) is 11.6 Å². The molecular formula is C18H19Cl3N2O3. The first-order chi connectivity index (χ1) is 12.0. The molecule has 1 heterocycles. The molecule has 1 atom stereocenters. The van der Waals surface area contributed by atoms with Gasteiger partial charge in [-0.25, -0.2) is 4.68 Å². The summed E-state index contributed by atoms with van der Waals surface area (Å²) >= 11 is 18.0. The number of carbonyl (C=O) groups is 2. The quantitative estimate of drug-likeness (QED) is 0.508. The van der Waals surface area contributed by atoms with Crippen LogP contribution in [-0.2, 0) is 11.8 Å². The van der Waals surface area contributed by atoms with Crippen LogP contribution >= 0.6 is 34.8 Å². The monoisotopic (exact) mass is 416 g/mol. The zero-order valence-corrected chi connectivity index (χ0v) is 17.3. The summed E-state index contributed by atoms with van der Waals surface area (Å²) in [4.78, 5) is 25.4. The number of hydrogen-bond acceptors (Lipinski definition) is 4. The van der Waals surface area contributed by atoms with E-state index in [4.69, 9.17) is 39.5 Å². The van der Waals surface area contributed by atoms with Gasteiger partial charge in [0.15, 0.2) is 11.4 Å². The molecule has 0 saturated carbocycles. The van der Waals surface area contributed by atoms with Crippen LogP contribution in [0.25, 0.3) is 0 Å². The van der Waals surface area contributed by atoms with Crippen molar-refractivity contribution < 1.29 is 14.3 Å². The van der Waals surface area contributed by atoms with Crippen molar-refractivity contribution in [3.05, 3.63) is 45.1 Å². The molecule has 0 N–H and O–H groups in total. The summed E-state index contributed by atoms with van der Waals surface area (Å²) in [5, 5.41) is 4.17. The van der Waals surface area contributed by atoms with E-state index in [1.807, 2.05) is 0 Å². The molecule has 5 nitrogen and oxygen atoms in total. The summed E-state index contributed by atoms with van der Waals surface area (Å²) in [5.74, 6) is -0.496. The Morgan fingerprint density at radius 1 is 1.27 bits per heavy atom. The molecule has 0 aliphatic heterocycles. The van der Waals surface area contributed by atoms with Crippen LogP contribution in [0, 0.1) is 6.92 Å². The maximum atomic E-state index is 13.1. The van der Waals surface area contributed by atoms with E-state index in [2.05, 4.69) is 5.10 Å². The van der Waals surface area contributed by atoms with Crippen molar-refractivity contribution >= 4 is 46.4 Å². The summed E-state index contributed by atoms with van der Waals surface area (Å²) in [5.41, 5.74) is -0.271. The minimum Gasteiger partial charge on any atom is -0.463 e. The van der Waals surface area contributed by atoms with Crippen LogP contribution < -0.4 is 4.74 Å². The van der Waals surface area contributed by atoms with Gasteiger partial charge in [-0.2, -0.15) is 5.10 Å². The lowest BCUT2D eigenvalue weighted by Gasteiger charge is -2.26. The lowest BCUT2D eigenvalue weighted by Crippen LogP contribution is -2.42. The Morgan fingerprint density at radius 2 is 1.88 bits per heavy atom. The van der Waals surface area contributed by atoms with Crippen LogP contribution in [-0.4, -0.2) is 32.3 Å². The second-order valence-electron chi connectivity index (χ2n) is 6.44. The number of ether oxygens (including phenoxy) is 1. The molecule has 1 unspecified atom stereocenters. The predicted octanol–water partition coefficient (Wildman–Crippen LogP) is 4.62. The van der Waals surface area contributed by atoms with E-state index in [0.717, 1.165) is 0 Å². The van der Waals surface area contributed by atoms with E-state index in [9.17, 15) is 9.59 Å². The number of aromatic nitrogens is 2. The first-order valence-electron chi connectivity index (χ1n) is 7.86. The Bertz CT molecular complexity index is 873. The van der Waals surface area contributed by atoms with Crippen molar-refractivity contribution in [2.45, 2.75) is 38.7 Å². The van der Waals surface area contributed by atoms with Gasteiger partial charge < -0.3 is 4.74 Å². The van der Waals surface area contributed by atoms with E-state index in [1.54, 1.807) is 46.9 Å². The van der Waals surface area contributed by atoms with Crippen molar-refractivity contribution in [1.29, 1.82) is 0 Å². The van der Waals surface area contributed by atoms with Crippen LogP contribution in [0.3, 0.4) is 0 Å². The number of carbonyl (C=O) groups excluding carboxylic acids is 2. The summed E-state index contributed by atoms with van der Waals surface area (Å²) in [6, 6.07) is 4.61. The number of aryl methyl sites for hydroxylation is 2. The Morgan fingerprint density at radius 3 is 2.42 bits per heavy atom. The van der Waals surface area contributed by atoms with Gasteiger partial charge in [-0.05, 0) is 45.9 Å². The fraction of sp³-hybridized carbons (Fsp3) is 0.389. The van der Waals surface area contributed by atoms with Crippen LogP contribution in [0.2, 0.25) is 10.0 Å². The third-order valence-corrected chi connectivity index (χ3v) is 4.62. The van der Waals surface area contributed by atoms with Gasteiger partial charge >= 0.3 is 0 Å². The van der Waals surface area contributed by atoms with Crippen LogP contribution in [0.15, 0.2) is 18.2 Å². The molecule has 0 bridgehead atoms. The summed E-state index contributed by atoms with van der Waals surface area (Å²) in [6.07, 6.45) is 0. The zero-order chi connectivity index (χ0) is 19.8. The smallest absolute Gasteiger partial charge is 0.224 e. The number of halogens is 3. The summed E-state index contributed by atoms with van der Waals surface area (Å²) < 4.78 is 7.31. The number of alkyl halides is 1. The Balaban J connectivity index is 2.51. The number of Topliss-reactive ketones (excluding diaryl/α,β-unsaturated/α-hetero) is 1. The zero-order valence-electron chi connectivity index (χ0n) is 15.1. The Labute approximate surface area is 167 Å². The highest BCUT2D eigenvalue weighted by molar-refractivity contribution is 6.37. The molecule has 1 aromatic carbocycles. The Hall–Kier alpha value is -1.56. The minimum absolute atomic E-state index is 0.175. The summed E-state index contributed by atoms with van der Waals surface area (Å²) in [6.45, 7) is 6.45. The number of benzene rings is 1. The van der Waals surface area contributed by atoms with Crippen LogP contribution in [0.5, 0.6) is 5.88 Å². The van der Waals surface area contributed by atoms with Crippen molar-refractivity contribution in [3.8, 4) is 5.88 Å². The number of ketones is 2. The van der Waals surface area contributed by atoms with Crippen molar-refractivity contribution in [3.63, 3.8) is 0 Å². The largest absolute Gasteiger partial charge is 0.463 e. The number of rotatable bonds is 6. The van der Waals surface area contributed by atoms with Gasteiger partial charge in [0.1, 0.15) is 5.56 Å². The number of nitrogens with zero attached hydrogens (tertiary/aromatic N) is 2. The maximum absolute atomic E-state index is 13.1. The maximum Gasteiger partial charge on any atom is 0.224 e. The highest BCUT2D eigenvalue weighted by atomic mass is 35.5. The van der Waals surface area contributed by atoms with E-state index >= 15 is 0 Å². The van der Waals surface area contributed by atoms with Gasteiger partial charge in [0.05, 0.1) is 16.1 Å². The molecule has 1 aromatic heterocycles. The van der Waals surface area contributed by atoms with Gasteiger partial charge in [0, 0.05) is 17.6 Å². The molecule has 0 radical (unpaired) electrons. The van der Waals surface area contributed by atoms with Crippen molar-refractivity contribution in [2.75, 3.05) is 0 Å². The predicted molar refractivity (Wildman–Crippen MR) is 103 cm³/mol. The van der Waals surface area contributed by atoms with Gasteiger partial charge in [-0.1, -0.05) is 23.2 Å². The Kier molecular flexibility index (Phi) is 6.06. The lowest BCUT2D eigenvalue weighted by atomic mass is 10.00. The van der Waals surface area contributed by atoms with E-state index in [1.165, 1.54) is 10.7 Å². The standard InChI is InChI=1S/C18H19Cl3N2O3/c1-9(19)16(25)18(3,4)26-17-14(10(2)22-23(17)5)15(24)12-7-6-11(20)8-13(12)21/h6-9H,1-5H3. The lowest BCUT2D eigenvalue weighted by molar-refractivity contribution is -0.131. The molecule has 0 fully saturated rings. The molecule has 2 aromatic rings. The molecule has 26 heavy (non-hydrogen) atoms. The average Bonchev–Trinajstić information content (AvgIpc) is 2.79. The van der Waals surface area contributed by atoms with Gasteiger partial charge in [-0.3, -0.25) is 9.59 Å². The fourth-order valence-electron chi connectivity index (χ4n) is 2.59. The molecule has 0 aliphatic carbocycles. The first kappa shape index (κ1) is 20.7. The highest BCUT2D eigenvalue weighted by Crippen LogP contribution is 2.31. The highest BCUT2D eigenvalue weighted by Gasteiger charge is 2.36. The molecule has 0 spiro atoms. The third-order valence-electron chi connectivity index (χ3n) is 3.88. The van der Waals surface area contributed by atoms with E-state index < -0.39 is 11.0 Å². The molecule has 0 aliphatic rings. The SMILES string of the molecule is Cc1nn(C)c(OC(C)(C)C(=O)C(C)Cl)c1C(=O)c1ccc(Cl)cc1Cl. The molecule has 0 amide bonds. The third kappa shape index (κ3) is 4.05. The van der Waals surface area contributed by atoms with E-state index in [-0.39, 0.29) is 33.6 Å². The van der Waals surface area contributed by atoms with Crippen molar-refractivity contribution in [1.82, 2.24) is 9.78 Å². The van der Waals surface area contributed by atoms with Crippen molar-refractivity contribution in [2.24, 2.45) is 7.05 Å². The van der Waals surface area contributed by atoms with E-state index in [0.29, 0.717) is 10.7 Å². The summed E-state index contributed by atoms with van der Waals surface area (Å²) in [7, 11) is 1.63.